The second kappa shape index (κ2) is 13.2. The van der Waals surface area contributed by atoms with Crippen LogP contribution in [0.1, 0.15) is 38.3 Å². The molecule has 5 aromatic rings. The zero-order chi connectivity index (χ0) is 31.3. The Kier molecular flexibility index (Phi) is 8.90. The maximum absolute atomic E-state index is 13.5. The van der Waals surface area contributed by atoms with Gasteiger partial charge in [-0.2, -0.15) is 0 Å². The number of amides is 1. The van der Waals surface area contributed by atoms with Crippen LogP contribution in [0.25, 0.3) is 0 Å². The van der Waals surface area contributed by atoms with E-state index in [1.54, 1.807) is 4.90 Å². The van der Waals surface area contributed by atoms with Gasteiger partial charge in [0.15, 0.2) is 0 Å². The van der Waals surface area contributed by atoms with Gasteiger partial charge < -0.3 is 9.16 Å². The summed E-state index contributed by atoms with van der Waals surface area (Å²) in [5, 5.41) is 2.42. The minimum Gasteiger partial charge on any atom is -0.534 e. The molecule has 5 heteroatoms. The lowest BCUT2D eigenvalue weighted by Crippen LogP contribution is -2.69. The maximum atomic E-state index is 13.5. The SMILES string of the molecule is CC(C)(C)[Si](Oc1cccc2c1CCC(COC(=O)N(c1ccccc1)c1ccccc1)C2)(c1ccccc1)c1ccccc1. The van der Waals surface area contributed by atoms with E-state index in [1.807, 2.05) is 60.7 Å². The van der Waals surface area contributed by atoms with Crippen molar-refractivity contribution in [3.8, 4) is 5.75 Å². The highest BCUT2D eigenvalue weighted by molar-refractivity contribution is 7.00. The van der Waals surface area contributed by atoms with Gasteiger partial charge in [-0.25, -0.2) is 9.69 Å². The molecule has 45 heavy (non-hydrogen) atoms. The van der Waals surface area contributed by atoms with E-state index in [0.29, 0.717) is 6.61 Å². The number of fused-ring (bicyclic) bond motifs is 1. The van der Waals surface area contributed by atoms with Crippen molar-refractivity contribution in [2.75, 3.05) is 11.5 Å². The highest BCUT2D eigenvalue weighted by Gasteiger charge is 2.52. The van der Waals surface area contributed by atoms with E-state index in [9.17, 15) is 4.79 Å². The number of para-hydroxylation sites is 2. The average molecular weight is 612 g/mol. The van der Waals surface area contributed by atoms with Gasteiger partial charge in [0.25, 0.3) is 0 Å². The smallest absolute Gasteiger partial charge is 0.418 e. The summed E-state index contributed by atoms with van der Waals surface area (Å²) in [4.78, 5) is 15.1. The highest BCUT2D eigenvalue weighted by atomic mass is 28.4. The van der Waals surface area contributed by atoms with Gasteiger partial charge in [0.2, 0.25) is 0 Å². The van der Waals surface area contributed by atoms with Crippen molar-refractivity contribution >= 4 is 36.2 Å². The van der Waals surface area contributed by atoms with Crippen LogP contribution in [-0.4, -0.2) is 21.0 Å². The number of hydrogen-bond donors (Lipinski definition) is 0. The summed E-state index contributed by atoms with van der Waals surface area (Å²) in [7, 11) is -2.75. The van der Waals surface area contributed by atoms with Gasteiger partial charge in [0.05, 0.1) is 18.0 Å². The Bertz CT molecular complexity index is 1620. The van der Waals surface area contributed by atoms with E-state index >= 15 is 0 Å². The normalized spacial score (nSPS) is 14.7. The van der Waals surface area contributed by atoms with E-state index in [4.69, 9.17) is 9.16 Å². The lowest BCUT2D eigenvalue weighted by Gasteiger charge is -2.43. The third-order valence-electron chi connectivity index (χ3n) is 8.87. The van der Waals surface area contributed by atoms with Gasteiger partial charge in [0, 0.05) is 0 Å². The van der Waals surface area contributed by atoms with Gasteiger partial charge in [-0.3, -0.25) is 0 Å². The third kappa shape index (κ3) is 6.31. The Morgan fingerprint density at radius 2 is 1.22 bits per heavy atom. The molecule has 0 aliphatic heterocycles. The molecule has 4 nitrogen and oxygen atoms in total. The minimum absolute atomic E-state index is 0.118. The van der Waals surface area contributed by atoms with Crippen molar-refractivity contribution in [1.82, 2.24) is 0 Å². The largest absolute Gasteiger partial charge is 0.534 e. The number of nitrogens with zero attached hydrogens (tertiary/aromatic N) is 1. The van der Waals surface area contributed by atoms with E-state index in [2.05, 4.69) is 99.6 Å². The van der Waals surface area contributed by atoms with Gasteiger partial charge >= 0.3 is 14.4 Å². The molecule has 1 atom stereocenters. The molecule has 1 aliphatic carbocycles. The lowest BCUT2D eigenvalue weighted by atomic mass is 9.84. The Balaban J connectivity index is 1.24. The van der Waals surface area contributed by atoms with Crippen molar-refractivity contribution in [3.63, 3.8) is 0 Å². The summed E-state index contributed by atoms with van der Waals surface area (Å²) < 4.78 is 13.4. The molecule has 0 bridgehead atoms. The molecule has 0 radical (unpaired) electrons. The van der Waals surface area contributed by atoms with Crippen molar-refractivity contribution in [2.45, 2.75) is 45.1 Å². The minimum atomic E-state index is -2.75. The van der Waals surface area contributed by atoms with E-state index < -0.39 is 8.32 Å². The number of benzene rings is 5. The average Bonchev–Trinajstić information content (AvgIpc) is 3.07. The number of carbonyl (C=O) groups is 1. The first kappa shape index (κ1) is 30.4. The lowest BCUT2D eigenvalue weighted by molar-refractivity contribution is 0.132. The first-order valence-corrected chi connectivity index (χ1v) is 17.8. The number of hydrogen-bond acceptors (Lipinski definition) is 3. The van der Waals surface area contributed by atoms with Crippen molar-refractivity contribution in [2.24, 2.45) is 5.92 Å². The van der Waals surface area contributed by atoms with Crippen LogP contribution in [-0.2, 0) is 17.6 Å². The molecule has 0 aromatic heterocycles. The van der Waals surface area contributed by atoms with Gasteiger partial charge in [-0.1, -0.05) is 130 Å². The van der Waals surface area contributed by atoms with Crippen LogP contribution in [0, 0.1) is 5.92 Å². The molecule has 0 saturated carbocycles. The Hall–Kier alpha value is -4.61. The van der Waals surface area contributed by atoms with Crippen LogP contribution in [0.15, 0.2) is 140 Å². The van der Waals surface area contributed by atoms with E-state index in [1.165, 1.54) is 21.5 Å². The predicted octanol–water partition coefficient (Wildman–Crippen LogP) is 8.71. The summed E-state index contributed by atoms with van der Waals surface area (Å²) in [5.74, 6) is 1.22. The van der Waals surface area contributed by atoms with Crippen LogP contribution in [0.4, 0.5) is 16.2 Å². The first-order chi connectivity index (χ1) is 21.9. The number of anilines is 2. The molecule has 1 aliphatic rings. The number of ether oxygens (including phenoxy) is 1. The molecule has 0 N–H and O–H groups in total. The summed E-state index contributed by atoms with van der Waals surface area (Å²) >= 11 is 0. The molecule has 0 saturated heterocycles. The van der Waals surface area contributed by atoms with Gasteiger partial charge in [-0.15, -0.1) is 0 Å². The predicted molar refractivity (Wildman–Crippen MR) is 187 cm³/mol. The number of rotatable bonds is 8. The molecule has 228 valence electrons. The Morgan fingerprint density at radius 1 is 0.711 bits per heavy atom. The van der Waals surface area contributed by atoms with Crippen molar-refractivity contribution in [3.05, 3.63) is 151 Å². The summed E-state index contributed by atoms with van der Waals surface area (Å²) in [6.07, 6.45) is 2.30. The van der Waals surface area contributed by atoms with Gasteiger partial charge in [0.1, 0.15) is 5.75 Å². The molecule has 0 heterocycles. The zero-order valence-corrected chi connectivity index (χ0v) is 27.4. The fourth-order valence-corrected chi connectivity index (χ4v) is 11.1. The van der Waals surface area contributed by atoms with Crippen LogP contribution >= 0.6 is 0 Å². The quantitative estimate of drug-likeness (QED) is 0.165. The first-order valence-electron chi connectivity index (χ1n) is 15.8. The van der Waals surface area contributed by atoms with E-state index in [-0.39, 0.29) is 17.0 Å². The summed E-state index contributed by atoms with van der Waals surface area (Å²) in [5.41, 5.74) is 4.13. The molecular weight excluding hydrogens is 571 g/mol. The molecule has 0 spiro atoms. The van der Waals surface area contributed by atoms with Gasteiger partial charge in [-0.05, 0) is 82.1 Å². The summed E-state index contributed by atoms with van der Waals surface area (Å²) in [6, 6.07) is 47.4. The Morgan fingerprint density at radius 3 is 1.73 bits per heavy atom. The van der Waals surface area contributed by atoms with Crippen LogP contribution in [0.2, 0.25) is 5.04 Å². The standard InChI is InChI=1S/C40H41NO3Si/c1-40(2,3)45(35-22-12-6-13-23-35,36-24-14-7-15-25-36)44-38-26-16-17-32-29-31(27-28-37(32)38)30-43-39(42)41(33-18-8-4-9-19-33)34-20-10-5-11-21-34/h4-26,31H,27-30H2,1-3H3. The molecule has 6 rings (SSSR count). The molecule has 0 fully saturated rings. The molecular formula is C40H41NO3Si. The third-order valence-corrected chi connectivity index (χ3v) is 13.8. The van der Waals surface area contributed by atoms with Crippen molar-refractivity contribution in [1.29, 1.82) is 0 Å². The van der Waals surface area contributed by atoms with Crippen LogP contribution < -0.4 is 19.7 Å². The highest BCUT2D eigenvalue weighted by Crippen LogP contribution is 2.40. The number of carbonyl (C=O) groups excluding carboxylic acids is 1. The fourth-order valence-electron chi connectivity index (χ4n) is 6.67. The molecule has 5 aromatic carbocycles. The van der Waals surface area contributed by atoms with Crippen LogP contribution in [0.3, 0.4) is 0 Å². The monoisotopic (exact) mass is 611 g/mol. The second-order valence-electron chi connectivity index (χ2n) is 12.9. The zero-order valence-electron chi connectivity index (χ0n) is 26.4. The molecule has 1 amide bonds. The fraction of sp³-hybridized carbons (Fsp3) is 0.225. The Labute approximate surface area is 268 Å². The summed E-state index contributed by atoms with van der Waals surface area (Å²) in [6.45, 7) is 7.31. The van der Waals surface area contributed by atoms with Crippen LogP contribution in [0.5, 0.6) is 5.75 Å². The molecule has 1 unspecified atom stereocenters. The van der Waals surface area contributed by atoms with Crippen molar-refractivity contribution < 1.29 is 14.0 Å². The second-order valence-corrected chi connectivity index (χ2v) is 17.1. The topological polar surface area (TPSA) is 38.8 Å². The van der Waals surface area contributed by atoms with E-state index in [0.717, 1.165) is 36.4 Å². The maximum Gasteiger partial charge on any atom is 0.418 e.